The number of hydrogen-bond acceptors (Lipinski definition) is 4. The van der Waals surface area contributed by atoms with Crippen LogP contribution in [0.3, 0.4) is 0 Å². The average molecular weight is 241 g/mol. The molecule has 6 nitrogen and oxygen atoms in total. The summed E-state index contributed by atoms with van der Waals surface area (Å²) in [5.74, 6) is -0.0245. The molecule has 0 bridgehead atoms. The number of rotatable bonds is 3. The van der Waals surface area contributed by atoms with E-state index in [0.717, 1.165) is 12.8 Å². The summed E-state index contributed by atoms with van der Waals surface area (Å²) >= 11 is 0. The monoisotopic (exact) mass is 241 g/mol. The van der Waals surface area contributed by atoms with Gasteiger partial charge in [-0.2, -0.15) is 0 Å². The van der Waals surface area contributed by atoms with E-state index in [1.54, 1.807) is 4.90 Å². The molecule has 2 heterocycles. The lowest BCUT2D eigenvalue weighted by Gasteiger charge is -2.47. The number of nitrogens with zero attached hydrogens (tertiary/aromatic N) is 1. The van der Waals surface area contributed by atoms with Crippen molar-refractivity contribution >= 4 is 12.0 Å². The lowest BCUT2D eigenvalue weighted by Crippen LogP contribution is -2.79. The van der Waals surface area contributed by atoms with E-state index >= 15 is 0 Å². The van der Waals surface area contributed by atoms with Crippen molar-refractivity contribution in [2.24, 2.45) is 0 Å². The summed E-state index contributed by atoms with van der Waals surface area (Å²) in [6.45, 7) is 4.73. The van der Waals surface area contributed by atoms with Gasteiger partial charge in [0.15, 0.2) is 0 Å². The molecule has 17 heavy (non-hydrogen) atoms. The Morgan fingerprint density at radius 2 is 2.41 bits per heavy atom. The maximum atomic E-state index is 11.8. The van der Waals surface area contributed by atoms with Crippen LogP contribution in [0.4, 0.5) is 4.79 Å². The highest BCUT2D eigenvalue weighted by atomic mass is 16.6. The highest BCUT2D eigenvalue weighted by Crippen LogP contribution is 2.18. The summed E-state index contributed by atoms with van der Waals surface area (Å²) in [6, 6.07) is 0. The molecule has 0 aromatic heterocycles. The molecule has 2 aliphatic heterocycles. The van der Waals surface area contributed by atoms with E-state index in [2.05, 4.69) is 10.6 Å². The lowest BCUT2D eigenvalue weighted by molar-refractivity contribution is -0.137. The first-order valence-corrected chi connectivity index (χ1v) is 6.13. The number of amides is 2. The molecule has 2 fully saturated rings. The van der Waals surface area contributed by atoms with Crippen molar-refractivity contribution < 1.29 is 14.3 Å². The minimum Gasteiger partial charge on any atom is -0.449 e. The van der Waals surface area contributed by atoms with Crippen LogP contribution in [0.15, 0.2) is 0 Å². The molecule has 1 unspecified atom stereocenters. The molecule has 0 aromatic carbocycles. The van der Waals surface area contributed by atoms with Crippen LogP contribution in [0, 0.1) is 0 Å². The third-order valence-electron chi connectivity index (χ3n) is 3.27. The second kappa shape index (κ2) is 4.91. The molecule has 2 N–H and O–H groups in total. The van der Waals surface area contributed by atoms with Crippen LogP contribution < -0.4 is 10.6 Å². The Bertz CT molecular complexity index is 321. The number of hydrogen-bond donors (Lipinski definition) is 2. The van der Waals surface area contributed by atoms with E-state index in [1.165, 1.54) is 0 Å². The normalized spacial score (nSPS) is 27.6. The number of piperazine rings is 1. The minimum absolute atomic E-state index is 0.0245. The van der Waals surface area contributed by atoms with Crippen LogP contribution in [-0.4, -0.2) is 55.2 Å². The van der Waals surface area contributed by atoms with Crippen LogP contribution in [0.5, 0.6) is 0 Å². The van der Waals surface area contributed by atoms with E-state index in [1.807, 2.05) is 6.92 Å². The molecule has 0 aliphatic carbocycles. The third kappa shape index (κ3) is 2.36. The van der Waals surface area contributed by atoms with Gasteiger partial charge in [0.2, 0.25) is 5.91 Å². The van der Waals surface area contributed by atoms with Crippen LogP contribution in [0.25, 0.3) is 0 Å². The maximum Gasteiger partial charge on any atom is 0.409 e. The van der Waals surface area contributed by atoms with Crippen molar-refractivity contribution in [1.29, 1.82) is 0 Å². The van der Waals surface area contributed by atoms with Crippen LogP contribution in [-0.2, 0) is 9.53 Å². The van der Waals surface area contributed by atoms with E-state index in [4.69, 9.17) is 4.74 Å². The van der Waals surface area contributed by atoms with Crippen LogP contribution in [0.1, 0.15) is 19.8 Å². The first-order chi connectivity index (χ1) is 8.18. The van der Waals surface area contributed by atoms with Crippen molar-refractivity contribution in [1.82, 2.24) is 15.5 Å². The summed E-state index contributed by atoms with van der Waals surface area (Å²) in [4.78, 5) is 24.9. The highest BCUT2D eigenvalue weighted by Gasteiger charge is 2.49. The zero-order chi connectivity index (χ0) is 12.3. The van der Waals surface area contributed by atoms with Gasteiger partial charge < -0.3 is 15.0 Å². The van der Waals surface area contributed by atoms with Gasteiger partial charge in [0.25, 0.3) is 0 Å². The first kappa shape index (κ1) is 12.2. The smallest absolute Gasteiger partial charge is 0.409 e. The van der Waals surface area contributed by atoms with E-state index in [9.17, 15) is 9.59 Å². The Kier molecular flexibility index (Phi) is 3.51. The molecular weight excluding hydrogens is 222 g/mol. The number of unbranched alkanes of at least 4 members (excludes halogenated alkanes) is 1. The Balaban J connectivity index is 1.84. The second-order valence-corrected chi connectivity index (χ2v) is 4.58. The number of β-lactam (4-membered cyclic amide) rings is 1. The van der Waals surface area contributed by atoms with Crippen molar-refractivity contribution in [2.45, 2.75) is 25.3 Å². The topological polar surface area (TPSA) is 70.7 Å². The Morgan fingerprint density at radius 3 is 3.00 bits per heavy atom. The summed E-state index contributed by atoms with van der Waals surface area (Å²) in [5, 5.41) is 5.87. The number of nitrogens with one attached hydrogen (secondary N) is 2. The number of carbonyl (C=O) groups is 2. The van der Waals surface area contributed by atoms with Gasteiger partial charge >= 0.3 is 6.09 Å². The maximum absolute atomic E-state index is 11.8. The van der Waals surface area contributed by atoms with Crippen molar-refractivity contribution in [2.75, 3.05) is 32.8 Å². The fraction of sp³-hybridized carbons (Fsp3) is 0.818. The van der Waals surface area contributed by atoms with Gasteiger partial charge in [0.05, 0.1) is 13.2 Å². The standard InChI is InChI=1S/C11H19N3O3/c1-2-3-6-17-10(16)14-5-4-13-11(8-14)7-12-9(11)15/h13H,2-8H2,1H3,(H,12,15). The van der Waals surface area contributed by atoms with E-state index in [0.29, 0.717) is 32.8 Å². The quantitative estimate of drug-likeness (QED) is 0.525. The van der Waals surface area contributed by atoms with Gasteiger partial charge in [-0.15, -0.1) is 0 Å². The molecule has 0 saturated carbocycles. The molecule has 2 saturated heterocycles. The first-order valence-electron chi connectivity index (χ1n) is 6.13. The second-order valence-electron chi connectivity index (χ2n) is 4.58. The molecule has 0 aromatic rings. The Hall–Kier alpha value is -1.30. The van der Waals surface area contributed by atoms with Gasteiger partial charge in [-0.1, -0.05) is 13.3 Å². The van der Waals surface area contributed by atoms with Crippen molar-refractivity contribution in [3.8, 4) is 0 Å². The van der Waals surface area contributed by atoms with Crippen LogP contribution in [0.2, 0.25) is 0 Å². The predicted molar refractivity (Wildman–Crippen MR) is 61.6 cm³/mol. The van der Waals surface area contributed by atoms with Gasteiger partial charge in [-0.25, -0.2) is 4.79 Å². The fourth-order valence-corrected chi connectivity index (χ4v) is 2.09. The summed E-state index contributed by atoms with van der Waals surface area (Å²) in [6.07, 6.45) is 1.57. The third-order valence-corrected chi connectivity index (χ3v) is 3.27. The zero-order valence-corrected chi connectivity index (χ0v) is 10.1. The number of ether oxygens (including phenoxy) is 1. The molecule has 1 spiro atoms. The summed E-state index contributed by atoms with van der Waals surface area (Å²) < 4.78 is 5.15. The van der Waals surface area contributed by atoms with Crippen molar-refractivity contribution in [3.05, 3.63) is 0 Å². The average Bonchev–Trinajstić information content (AvgIpc) is 2.37. The molecule has 2 aliphatic rings. The van der Waals surface area contributed by atoms with Gasteiger partial charge in [-0.05, 0) is 6.42 Å². The minimum atomic E-state index is -0.567. The Labute approximate surface area is 101 Å². The molecule has 2 amide bonds. The molecule has 6 heteroatoms. The SMILES string of the molecule is CCCCOC(=O)N1CCNC2(CNC2=O)C1. The number of carbonyl (C=O) groups excluding carboxylic acids is 2. The largest absolute Gasteiger partial charge is 0.449 e. The van der Waals surface area contributed by atoms with Crippen molar-refractivity contribution in [3.63, 3.8) is 0 Å². The highest BCUT2D eigenvalue weighted by molar-refractivity contribution is 5.93. The fourth-order valence-electron chi connectivity index (χ4n) is 2.09. The van der Waals surface area contributed by atoms with E-state index < -0.39 is 5.54 Å². The Morgan fingerprint density at radius 1 is 1.59 bits per heavy atom. The molecular formula is C11H19N3O3. The molecule has 2 rings (SSSR count). The molecule has 96 valence electrons. The van der Waals surface area contributed by atoms with Gasteiger partial charge in [-0.3, -0.25) is 10.1 Å². The summed E-state index contributed by atoms with van der Waals surface area (Å²) in [5.41, 5.74) is -0.567. The van der Waals surface area contributed by atoms with E-state index in [-0.39, 0.29) is 12.0 Å². The summed E-state index contributed by atoms with van der Waals surface area (Å²) in [7, 11) is 0. The molecule has 1 atom stereocenters. The molecule has 0 radical (unpaired) electrons. The van der Waals surface area contributed by atoms with Gasteiger partial charge in [0.1, 0.15) is 5.54 Å². The zero-order valence-electron chi connectivity index (χ0n) is 10.1. The van der Waals surface area contributed by atoms with Crippen LogP contribution >= 0.6 is 0 Å². The predicted octanol–water partition coefficient (Wildman–Crippen LogP) is -0.303. The lowest BCUT2D eigenvalue weighted by atomic mass is 9.89. The van der Waals surface area contributed by atoms with Gasteiger partial charge in [0, 0.05) is 19.6 Å².